The van der Waals surface area contributed by atoms with Gasteiger partial charge in [0, 0.05) is 30.0 Å². The van der Waals surface area contributed by atoms with Crippen molar-refractivity contribution in [1.82, 2.24) is 15.1 Å². The molecule has 2 N–H and O–H groups in total. The van der Waals surface area contributed by atoms with E-state index in [1.54, 1.807) is 0 Å². The van der Waals surface area contributed by atoms with Gasteiger partial charge in [-0.1, -0.05) is 26.0 Å². The molecule has 0 unspecified atom stereocenters. The first-order valence-electron chi connectivity index (χ1n) is 7.67. The van der Waals surface area contributed by atoms with Crippen molar-refractivity contribution < 1.29 is 0 Å². The van der Waals surface area contributed by atoms with Crippen LogP contribution in [0.2, 0.25) is 0 Å². The molecular formula is C17H24N4S. The summed E-state index contributed by atoms with van der Waals surface area (Å²) >= 11 is 5.35. The van der Waals surface area contributed by atoms with Crippen LogP contribution in [-0.4, -0.2) is 14.9 Å². The van der Waals surface area contributed by atoms with Gasteiger partial charge in [0.2, 0.25) is 0 Å². The highest BCUT2D eigenvalue weighted by molar-refractivity contribution is 7.80. The van der Waals surface area contributed by atoms with E-state index in [1.807, 2.05) is 10.9 Å². The molecule has 0 amide bonds. The topological polar surface area (TPSA) is 41.9 Å². The average molecular weight is 316 g/mol. The number of anilines is 1. The molecule has 2 rings (SSSR count). The number of hydrogen-bond donors (Lipinski definition) is 2. The zero-order valence-electron chi connectivity index (χ0n) is 13.7. The molecule has 2 aromatic rings. The molecule has 5 heteroatoms. The third-order valence-electron chi connectivity index (χ3n) is 3.78. The smallest absolute Gasteiger partial charge is 0.171 e. The molecule has 0 aliphatic rings. The maximum atomic E-state index is 5.35. The van der Waals surface area contributed by atoms with Crippen LogP contribution < -0.4 is 10.6 Å². The first-order valence-corrected chi connectivity index (χ1v) is 8.08. The highest BCUT2D eigenvalue weighted by Gasteiger charge is 2.06. The fourth-order valence-electron chi connectivity index (χ4n) is 2.28. The van der Waals surface area contributed by atoms with E-state index < -0.39 is 0 Å². The lowest BCUT2D eigenvalue weighted by atomic mass is 10.0. The Hall–Kier alpha value is -1.88. The van der Waals surface area contributed by atoms with Gasteiger partial charge in [0.15, 0.2) is 5.11 Å². The van der Waals surface area contributed by atoms with Crippen molar-refractivity contribution in [1.29, 1.82) is 0 Å². The Kier molecular flexibility index (Phi) is 5.55. The van der Waals surface area contributed by atoms with Gasteiger partial charge in [0.25, 0.3) is 0 Å². The molecule has 0 aliphatic heterocycles. The summed E-state index contributed by atoms with van der Waals surface area (Å²) in [6.45, 7) is 10.1. The van der Waals surface area contributed by atoms with E-state index >= 15 is 0 Å². The molecule has 0 saturated heterocycles. The van der Waals surface area contributed by atoms with Gasteiger partial charge in [-0.25, -0.2) is 0 Å². The van der Waals surface area contributed by atoms with Crippen molar-refractivity contribution >= 4 is 23.0 Å². The summed E-state index contributed by atoms with van der Waals surface area (Å²) in [5.41, 5.74) is 4.68. The van der Waals surface area contributed by atoms with Crippen molar-refractivity contribution in [2.45, 2.75) is 46.7 Å². The Morgan fingerprint density at radius 1 is 1.27 bits per heavy atom. The van der Waals surface area contributed by atoms with Gasteiger partial charge < -0.3 is 10.6 Å². The van der Waals surface area contributed by atoms with Crippen molar-refractivity contribution in [2.24, 2.45) is 0 Å². The first kappa shape index (κ1) is 16.5. The van der Waals surface area contributed by atoms with Crippen molar-refractivity contribution in [3.05, 3.63) is 47.3 Å². The van der Waals surface area contributed by atoms with E-state index in [-0.39, 0.29) is 0 Å². The molecule has 0 atom stereocenters. The number of rotatable bonds is 5. The number of aryl methyl sites for hydroxylation is 1. The van der Waals surface area contributed by atoms with Gasteiger partial charge in [-0.3, -0.25) is 4.68 Å². The standard InChI is InChI=1S/C17H24N4S/c1-5-21-13(4)15(11-19-21)10-18-17(22)20-16-8-6-14(7-9-16)12(2)3/h6-9,11-12H,5,10H2,1-4H3,(H2,18,20,22). The van der Waals surface area contributed by atoms with Crippen LogP contribution in [0.3, 0.4) is 0 Å². The average Bonchev–Trinajstić information content (AvgIpc) is 2.86. The van der Waals surface area contributed by atoms with E-state index in [0.717, 1.165) is 12.2 Å². The second kappa shape index (κ2) is 7.40. The van der Waals surface area contributed by atoms with E-state index in [2.05, 4.69) is 67.7 Å². The fraction of sp³-hybridized carbons (Fsp3) is 0.412. The van der Waals surface area contributed by atoms with E-state index in [1.165, 1.54) is 16.8 Å². The van der Waals surface area contributed by atoms with Crippen LogP contribution >= 0.6 is 12.2 Å². The summed E-state index contributed by atoms with van der Waals surface area (Å²) in [5, 5.41) is 11.4. The lowest BCUT2D eigenvalue weighted by molar-refractivity contribution is 0.638. The minimum atomic E-state index is 0.539. The van der Waals surface area contributed by atoms with Crippen LogP contribution in [0.15, 0.2) is 30.5 Å². The van der Waals surface area contributed by atoms with Gasteiger partial charge in [-0.15, -0.1) is 0 Å². The minimum Gasteiger partial charge on any atom is -0.358 e. The van der Waals surface area contributed by atoms with Crippen molar-refractivity contribution in [3.63, 3.8) is 0 Å². The Labute approximate surface area is 137 Å². The molecule has 0 bridgehead atoms. The Balaban J connectivity index is 1.88. The van der Waals surface area contributed by atoms with Gasteiger partial charge in [-0.05, 0) is 49.7 Å². The van der Waals surface area contributed by atoms with Crippen LogP contribution in [-0.2, 0) is 13.1 Å². The lowest BCUT2D eigenvalue weighted by Gasteiger charge is -2.12. The highest BCUT2D eigenvalue weighted by Crippen LogP contribution is 2.17. The molecule has 0 spiro atoms. The maximum absolute atomic E-state index is 5.35. The SMILES string of the molecule is CCn1ncc(CNC(=S)Nc2ccc(C(C)C)cc2)c1C. The highest BCUT2D eigenvalue weighted by atomic mass is 32.1. The number of nitrogens with one attached hydrogen (secondary N) is 2. The molecule has 1 aromatic carbocycles. The van der Waals surface area contributed by atoms with Crippen LogP contribution in [0.1, 0.15) is 43.5 Å². The lowest BCUT2D eigenvalue weighted by Crippen LogP contribution is -2.28. The zero-order chi connectivity index (χ0) is 16.1. The molecule has 1 aromatic heterocycles. The van der Waals surface area contributed by atoms with Crippen molar-refractivity contribution in [3.8, 4) is 0 Å². The second-order valence-electron chi connectivity index (χ2n) is 5.66. The molecule has 1 heterocycles. The number of benzene rings is 1. The third-order valence-corrected chi connectivity index (χ3v) is 4.03. The van der Waals surface area contributed by atoms with E-state index in [4.69, 9.17) is 12.2 Å². The van der Waals surface area contributed by atoms with Crippen LogP contribution in [0.5, 0.6) is 0 Å². The third kappa shape index (κ3) is 4.07. The summed E-state index contributed by atoms with van der Waals surface area (Å²) in [5.74, 6) is 0.539. The molecule has 22 heavy (non-hydrogen) atoms. The normalized spacial score (nSPS) is 10.8. The second-order valence-corrected chi connectivity index (χ2v) is 6.06. The fourth-order valence-corrected chi connectivity index (χ4v) is 2.47. The van der Waals surface area contributed by atoms with Crippen LogP contribution in [0.4, 0.5) is 5.69 Å². The summed E-state index contributed by atoms with van der Waals surface area (Å²) in [7, 11) is 0. The summed E-state index contributed by atoms with van der Waals surface area (Å²) in [4.78, 5) is 0. The van der Waals surface area contributed by atoms with Crippen molar-refractivity contribution in [2.75, 3.05) is 5.32 Å². The van der Waals surface area contributed by atoms with Gasteiger partial charge in [0.05, 0.1) is 6.20 Å². The molecule has 0 radical (unpaired) electrons. The molecule has 4 nitrogen and oxygen atoms in total. The van der Waals surface area contributed by atoms with E-state index in [0.29, 0.717) is 17.6 Å². The zero-order valence-corrected chi connectivity index (χ0v) is 14.5. The summed E-state index contributed by atoms with van der Waals surface area (Å²) in [6, 6.07) is 8.38. The molecular weight excluding hydrogens is 292 g/mol. The Morgan fingerprint density at radius 2 is 1.95 bits per heavy atom. The summed E-state index contributed by atoms with van der Waals surface area (Å²) in [6.07, 6.45) is 1.89. The monoisotopic (exact) mass is 316 g/mol. The summed E-state index contributed by atoms with van der Waals surface area (Å²) < 4.78 is 1.98. The molecule has 0 fully saturated rings. The minimum absolute atomic E-state index is 0.539. The van der Waals surface area contributed by atoms with Gasteiger partial charge in [0.1, 0.15) is 0 Å². The molecule has 0 saturated carbocycles. The Morgan fingerprint density at radius 3 is 2.50 bits per heavy atom. The maximum Gasteiger partial charge on any atom is 0.171 e. The molecule has 0 aliphatic carbocycles. The van der Waals surface area contributed by atoms with Gasteiger partial charge in [-0.2, -0.15) is 5.10 Å². The number of nitrogens with zero attached hydrogens (tertiary/aromatic N) is 2. The van der Waals surface area contributed by atoms with E-state index in [9.17, 15) is 0 Å². The molecule has 118 valence electrons. The number of thiocarbonyl (C=S) groups is 1. The Bertz CT molecular complexity index is 629. The number of aromatic nitrogens is 2. The van der Waals surface area contributed by atoms with Crippen LogP contribution in [0.25, 0.3) is 0 Å². The quantitative estimate of drug-likeness (QED) is 0.823. The predicted molar refractivity (Wildman–Crippen MR) is 96.2 cm³/mol. The van der Waals surface area contributed by atoms with Crippen LogP contribution in [0, 0.1) is 6.92 Å². The number of hydrogen-bond acceptors (Lipinski definition) is 2. The first-order chi connectivity index (χ1) is 10.5. The van der Waals surface area contributed by atoms with Gasteiger partial charge >= 0.3 is 0 Å². The largest absolute Gasteiger partial charge is 0.358 e. The predicted octanol–water partition coefficient (Wildman–Crippen LogP) is 3.82.